The molecule has 5 heteroatoms. The van der Waals surface area contributed by atoms with Crippen molar-refractivity contribution in [3.05, 3.63) is 22.5 Å². The predicted octanol–water partition coefficient (Wildman–Crippen LogP) is 1.77. The van der Waals surface area contributed by atoms with Crippen LogP contribution in [0, 0.1) is 6.92 Å². The molecule has 2 N–H and O–H groups in total. The molecule has 1 aliphatic carbocycles. The average Bonchev–Trinajstić information content (AvgIpc) is 2.32. The minimum absolute atomic E-state index is 0.398. The highest BCUT2D eigenvalue weighted by Gasteiger charge is 2.23. The van der Waals surface area contributed by atoms with E-state index >= 15 is 0 Å². The largest absolute Gasteiger partial charge is 0.490 e. The fourth-order valence-corrected chi connectivity index (χ4v) is 2.85. The molecule has 0 bridgehead atoms. The van der Waals surface area contributed by atoms with Gasteiger partial charge in [0.15, 0.2) is 0 Å². The van der Waals surface area contributed by atoms with Crippen LogP contribution in [0.4, 0.5) is 0 Å². The first kappa shape index (κ1) is 12.9. The maximum atomic E-state index is 9.19. The molecule has 17 heavy (non-hydrogen) atoms. The number of aromatic nitrogens is 1. The highest BCUT2D eigenvalue weighted by atomic mass is 35.5. The Morgan fingerprint density at radius 1 is 1.29 bits per heavy atom. The molecule has 1 aromatic heterocycles. The van der Waals surface area contributed by atoms with Crippen LogP contribution in [-0.4, -0.2) is 22.2 Å². The molecule has 0 unspecified atom stereocenters. The van der Waals surface area contributed by atoms with Gasteiger partial charge >= 0.3 is 7.12 Å². The Hall–Kier alpha value is -0.575. The summed E-state index contributed by atoms with van der Waals surface area (Å²) in [7, 11) is -1.50. The van der Waals surface area contributed by atoms with Crippen LogP contribution in [0.25, 0.3) is 0 Å². The van der Waals surface area contributed by atoms with Gasteiger partial charge in [0.05, 0.1) is 10.7 Å². The zero-order valence-electron chi connectivity index (χ0n) is 9.99. The molecule has 0 spiro atoms. The van der Waals surface area contributed by atoms with E-state index in [4.69, 9.17) is 11.6 Å². The van der Waals surface area contributed by atoms with Gasteiger partial charge in [0, 0.05) is 17.1 Å². The number of pyridine rings is 1. The summed E-state index contributed by atoms with van der Waals surface area (Å²) < 4.78 is 0. The van der Waals surface area contributed by atoms with E-state index in [1.807, 2.05) is 0 Å². The third-order valence-corrected chi connectivity index (χ3v) is 3.81. The summed E-state index contributed by atoms with van der Waals surface area (Å²) in [5.74, 6) is 0.430. The number of hydrogen-bond acceptors (Lipinski definition) is 3. The zero-order valence-corrected chi connectivity index (χ0v) is 10.7. The third-order valence-electron chi connectivity index (χ3n) is 3.50. The summed E-state index contributed by atoms with van der Waals surface area (Å²) in [6.07, 6.45) is 6.01. The summed E-state index contributed by atoms with van der Waals surface area (Å²) in [4.78, 5) is 4.47. The number of hydrogen-bond donors (Lipinski definition) is 2. The van der Waals surface area contributed by atoms with E-state index < -0.39 is 7.12 Å². The molecule has 2 rings (SSSR count). The molecule has 0 atom stereocenters. The summed E-state index contributed by atoms with van der Waals surface area (Å²) in [5, 5.41) is 18.9. The summed E-state index contributed by atoms with van der Waals surface area (Å²) in [6, 6.07) is 1.64. The van der Waals surface area contributed by atoms with Gasteiger partial charge in [-0.25, -0.2) is 0 Å². The minimum Gasteiger partial charge on any atom is -0.423 e. The van der Waals surface area contributed by atoms with Crippen molar-refractivity contribution in [3.63, 3.8) is 0 Å². The van der Waals surface area contributed by atoms with Crippen LogP contribution in [0.1, 0.15) is 49.4 Å². The molecule has 1 saturated carbocycles. The Labute approximate surface area is 107 Å². The topological polar surface area (TPSA) is 53.4 Å². The van der Waals surface area contributed by atoms with Crippen molar-refractivity contribution in [2.24, 2.45) is 0 Å². The molecule has 0 aromatic carbocycles. The lowest BCUT2D eigenvalue weighted by Crippen LogP contribution is -2.33. The maximum absolute atomic E-state index is 9.19. The van der Waals surface area contributed by atoms with Gasteiger partial charge in [-0.1, -0.05) is 30.9 Å². The van der Waals surface area contributed by atoms with Crippen molar-refractivity contribution in [2.75, 3.05) is 0 Å². The Morgan fingerprint density at radius 2 is 1.94 bits per heavy atom. The molecule has 0 saturated heterocycles. The van der Waals surface area contributed by atoms with Crippen molar-refractivity contribution in [2.45, 2.75) is 44.9 Å². The van der Waals surface area contributed by atoms with Crippen LogP contribution in [-0.2, 0) is 0 Å². The van der Waals surface area contributed by atoms with Crippen LogP contribution < -0.4 is 5.46 Å². The standard InChI is InChI=1S/C12H17BClNO2/c1-8-10(13(16)17)7-11(14)12(15-8)9-5-3-2-4-6-9/h7,9,16-17H,2-6H2,1H3. The molecular formula is C12H17BClNO2. The van der Waals surface area contributed by atoms with Gasteiger partial charge in [0.25, 0.3) is 0 Å². The van der Waals surface area contributed by atoms with Crippen molar-refractivity contribution in [1.82, 2.24) is 4.98 Å². The number of rotatable bonds is 2. The maximum Gasteiger partial charge on any atom is 0.490 e. The zero-order chi connectivity index (χ0) is 12.4. The first-order valence-electron chi connectivity index (χ1n) is 6.12. The van der Waals surface area contributed by atoms with Crippen LogP contribution >= 0.6 is 11.6 Å². The molecule has 0 radical (unpaired) electrons. The fourth-order valence-electron chi connectivity index (χ4n) is 2.54. The predicted molar refractivity (Wildman–Crippen MR) is 69.6 cm³/mol. The summed E-state index contributed by atoms with van der Waals surface area (Å²) >= 11 is 6.19. The summed E-state index contributed by atoms with van der Waals surface area (Å²) in [5.41, 5.74) is 1.98. The second-order valence-corrected chi connectivity index (χ2v) is 5.15. The number of halogens is 1. The third kappa shape index (κ3) is 2.82. The SMILES string of the molecule is Cc1nc(C2CCCCC2)c(Cl)cc1B(O)O. The van der Waals surface area contributed by atoms with Crippen molar-refractivity contribution in [3.8, 4) is 0 Å². The quantitative estimate of drug-likeness (QED) is 0.790. The molecule has 1 heterocycles. The Bertz CT molecular complexity index is 406. The molecule has 1 aliphatic rings. The molecule has 1 fully saturated rings. The lowest BCUT2D eigenvalue weighted by molar-refractivity contribution is 0.424. The molecule has 1 aromatic rings. The van der Waals surface area contributed by atoms with E-state index in [9.17, 15) is 10.0 Å². The van der Waals surface area contributed by atoms with Gasteiger partial charge in [-0.3, -0.25) is 4.98 Å². The van der Waals surface area contributed by atoms with Crippen LogP contribution in [0.2, 0.25) is 5.02 Å². The van der Waals surface area contributed by atoms with Gasteiger partial charge < -0.3 is 10.0 Å². The van der Waals surface area contributed by atoms with Gasteiger partial charge in [-0.05, 0) is 25.8 Å². The van der Waals surface area contributed by atoms with Gasteiger partial charge in [-0.15, -0.1) is 0 Å². The Kier molecular flexibility index (Phi) is 4.07. The van der Waals surface area contributed by atoms with Gasteiger partial charge in [0.1, 0.15) is 0 Å². The second-order valence-electron chi connectivity index (χ2n) is 4.74. The molecule has 3 nitrogen and oxygen atoms in total. The Morgan fingerprint density at radius 3 is 2.53 bits per heavy atom. The van der Waals surface area contributed by atoms with E-state index in [2.05, 4.69) is 4.98 Å². The van der Waals surface area contributed by atoms with E-state index in [0.29, 0.717) is 22.1 Å². The number of aryl methyl sites for hydroxylation is 1. The minimum atomic E-state index is -1.50. The lowest BCUT2D eigenvalue weighted by atomic mass is 9.78. The van der Waals surface area contributed by atoms with Crippen molar-refractivity contribution in [1.29, 1.82) is 0 Å². The average molecular weight is 254 g/mol. The van der Waals surface area contributed by atoms with Crippen LogP contribution in [0.5, 0.6) is 0 Å². The van der Waals surface area contributed by atoms with Crippen LogP contribution in [0.15, 0.2) is 6.07 Å². The van der Waals surface area contributed by atoms with E-state index in [-0.39, 0.29) is 0 Å². The molecular weight excluding hydrogens is 236 g/mol. The number of nitrogens with zero attached hydrogens (tertiary/aromatic N) is 1. The highest BCUT2D eigenvalue weighted by molar-refractivity contribution is 6.59. The first-order valence-corrected chi connectivity index (χ1v) is 6.50. The normalized spacial score (nSPS) is 17.2. The van der Waals surface area contributed by atoms with Crippen molar-refractivity contribution >= 4 is 24.2 Å². The molecule has 92 valence electrons. The van der Waals surface area contributed by atoms with Gasteiger partial charge in [-0.2, -0.15) is 0 Å². The monoisotopic (exact) mass is 253 g/mol. The van der Waals surface area contributed by atoms with Crippen molar-refractivity contribution < 1.29 is 10.0 Å². The summed E-state index contributed by atoms with van der Waals surface area (Å²) in [6.45, 7) is 1.79. The highest BCUT2D eigenvalue weighted by Crippen LogP contribution is 2.34. The van der Waals surface area contributed by atoms with Crippen LogP contribution in [0.3, 0.4) is 0 Å². The van der Waals surface area contributed by atoms with E-state index in [0.717, 1.165) is 18.5 Å². The smallest absolute Gasteiger partial charge is 0.423 e. The fraction of sp³-hybridized carbons (Fsp3) is 0.583. The molecule has 0 amide bonds. The van der Waals surface area contributed by atoms with E-state index in [1.54, 1.807) is 13.0 Å². The van der Waals surface area contributed by atoms with E-state index in [1.165, 1.54) is 19.3 Å². The first-order chi connectivity index (χ1) is 8.09. The molecule has 0 aliphatic heterocycles. The second kappa shape index (κ2) is 5.38. The Balaban J connectivity index is 2.32. The van der Waals surface area contributed by atoms with Gasteiger partial charge in [0.2, 0.25) is 0 Å². The lowest BCUT2D eigenvalue weighted by Gasteiger charge is -2.23.